The number of hydrogen-bond acceptors (Lipinski definition) is 4. The number of carbonyl (C=O) groups is 2. The minimum atomic E-state index is -0.992. The van der Waals surface area contributed by atoms with E-state index in [1.54, 1.807) is 5.01 Å². The second kappa shape index (κ2) is 11.1. The van der Waals surface area contributed by atoms with Gasteiger partial charge >= 0.3 is 5.97 Å². The van der Waals surface area contributed by atoms with Gasteiger partial charge in [-0.1, -0.05) is 91.0 Å². The lowest BCUT2D eigenvalue weighted by molar-refractivity contribution is -0.148. The van der Waals surface area contributed by atoms with Crippen LogP contribution in [0.3, 0.4) is 0 Å². The Morgan fingerprint density at radius 2 is 1.44 bits per heavy atom. The molecule has 0 saturated carbocycles. The summed E-state index contributed by atoms with van der Waals surface area (Å²) in [6, 6.07) is 28.2. The van der Waals surface area contributed by atoms with Crippen molar-refractivity contribution in [3.8, 4) is 0 Å². The van der Waals surface area contributed by atoms with E-state index in [9.17, 15) is 14.7 Å². The summed E-state index contributed by atoms with van der Waals surface area (Å²) in [7, 11) is 0. The van der Waals surface area contributed by atoms with E-state index < -0.39 is 17.9 Å². The lowest BCUT2D eigenvalue weighted by atomic mass is 9.90. The molecule has 0 spiro atoms. The first-order valence-corrected chi connectivity index (χ1v) is 11.7. The number of aryl methyl sites for hydroxylation is 1. The SMILES string of the molecule is NN(CCCc1ccccc1)[C@H]1C[C@@H](C(=O)O)N(C(=O)C(c2ccccc2)c2ccccc2)C1. The molecule has 0 bridgehead atoms. The molecule has 3 aromatic rings. The molecule has 1 fully saturated rings. The second-order valence-electron chi connectivity index (χ2n) is 8.82. The monoisotopic (exact) mass is 457 g/mol. The van der Waals surface area contributed by atoms with E-state index in [0.29, 0.717) is 19.5 Å². The lowest BCUT2D eigenvalue weighted by Crippen LogP contribution is -2.45. The van der Waals surface area contributed by atoms with Crippen LogP contribution in [-0.2, 0) is 16.0 Å². The topological polar surface area (TPSA) is 86.9 Å². The van der Waals surface area contributed by atoms with E-state index in [1.165, 1.54) is 10.5 Å². The summed E-state index contributed by atoms with van der Waals surface area (Å²) in [5.74, 6) is 4.61. The van der Waals surface area contributed by atoms with Crippen molar-refractivity contribution in [2.45, 2.75) is 37.3 Å². The number of carboxylic acids is 1. The standard InChI is InChI=1S/C28H31N3O3/c29-31(18-10-13-21-11-4-1-5-12-21)24-19-25(28(33)34)30(20-24)27(32)26(22-14-6-2-7-15-22)23-16-8-3-9-17-23/h1-9,11-12,14-17,24-26H,10,13,18-20,29H2,(H,33,34)/t24-,25-/m0/s1. The molecular weight excluding hydrogens is 426 g/mol. The molecule has 1 aliphatic rings. The van der Waals surface area contributed by atoms with Gasteiger partial charge in [0.05, 0.1) is 5.92 Å². The first-order valence-electron chi connectivity index (χ1n) is 11.7. The summed E-state index contributed by atoms with van der Waals surface area (Å²) < 4.78 is 0. The molecule has 0 radical (unpaired) electrons. The molecule has 6 heteroatoms. The molecule has 176 valence electrons. The number of carboxylic acid groups (broad SMARTS) is 1. The number of nitrogens with two attached hydrogens (primary N) is 1. The van der Waals surface area contributed by atoms with Gasteiger partial charge in [-0.25, -0.2) is 9.80 Å². The molecule has 0 aliphatic carbocycles. The molecule has 4 rings (SSSR count). The minimum absolute atomic E-state index is 0.201. The first-order chi connectivity index (χ1) is 16.5. The molecule has 2 atom stereocenters. The van der Waals surface area contributed by atoms with Gasteiger partial charge in [0.2, 0.25) is 5.91 Å². The molecule has 1 heterocycles. The van der Waals surface area contributed by atoms with Crippen LogP contribution in [0.25, 0.3) is 0 Å². The van der Waals surface area contributed by atoms with Gasteiger partial charge in [0, 0.05) is 19.1 Å². The highest BCUT2D eigenvalue weighted by Gasteiger charge is 2.43. The molecule has 1 amide bonds. The highest BCUT2D eigenvalue weighted by atomic mass is 16.4. The van der Waals surface area contributed by atoms with Crippen LogP contribution in [0.2, 0.25) is 0 Å². The number of aliphatic carboxylic acids is 1. The fourth-order valence-corrected chi connectivity index (χ4v) is 4.76. The smallest absolute Gasteiger partial charge is 0.326 e. The number of hydrazine groups is 1. The van der Waals surface area contributed by atoms with Gasteiger partial charge in [0.15, 0.2) is 0 Å². The quantitative estimate of drug-likeness (QED) is 0.378. The molecular formula is C28H31N3O3. The highest BCUT2D eigenvalue weighted by Crippen LogP contribution is 2.31. The van der Waals surface area contributed by atoms with Crippen molar-refractivity contribution in [2.75, 3.05) is 13.1 Å². The van der Waals surface area contributed by atoms with E-state index in [2.05, 4.69) is 12.1 Å². The van der Waals surface area contributed by atoms with Crippen molar-refractivity contribution < 1.29 is 14.7 Å². The van der Waals surface area contributed by atoms with E-state index in [4.69, 9.17) is 5.84 Å². The van der Waals surface area contributed by atoms with Crippen molar-refractivity contribution >= 4 is 11.9 Å². The third-order valence-corrected chi connectivity index (χ3v) is 6.55. The van der Waals surface area contributed by atoms with Crippen LogP contribution in [0, 0.1) is 0 Å². The maximum Gasteiger partial charge on any atom is 0.326 e. The van der Waals surface area contributed by atoms with Gasteiger partial charge in [-0.15, -0.1) is 0 Å². The van der Waals surface area contributed by atoms with Crippen LogP contribution >= 0.6 is 0 Å². The molecule has 3 N–H and O–H groups in total. The summed E-state index contributed by atoms with van der Waals surface area (Å²) in [6.07, 6.45) is 2.08. The Bertz CT molecular complexity index is 1040. The van der Waals surface area contributed by atoms with E-state index >= 15 is 0 Å². The molecule has 0 unspecified atom stereocenters. The largest absolute Gasteiger partial charge is 0.480 e. The zero-order valence-electron chi connectivity index (χ0n) is 19.2. The molecule has 34 heavy (non-hydrogen) atoms. The molecule has 1 saturated heterocycles. The predicted molar refractivity (Wildman–Crippen MR) is 132 cm³/mol. The Morgan fingerprint density at radius 3 is 1.97 bits per heavy atom. The fraction of sp³-hybridized carbons (Fsp3) is 0.286. The third-order valence-electron chi connectivity index (χ3n) is 6.55. The molecule has 3 aromatic carbocycles. The normalized spacial score (nSPS) is 17.9. The van der Waals surface area contributed by atoms with Crippen LogP contribution in [0.15, 0.2) is 91.0 Å². The number of carbonyl (C=O) groups excluding carboxylic acids is 1. The third kappa shape index (κ3) is 5.53. The van der Waals surface area contributed by atoms with Crippen LogP contribution in [0.5, 0.6) is 0 Å². The summed E-state index contributed by atoms with van der Waals surface area (Å²) in [5.41, 5.74) is 2.94. The maximum absolute atomic E-state index is 13.8. The van der Waals surface area contributed by atoms with Crippen molar-refractivity contribution in [3.05, 3.63) is 108 Å². The van der Waals surface area contributed by atoms with Crippen LogP contribution in [-0.4, -0.2) is 52.1 Å². The van der Waals surface area contributed by atoms with Gasteiger partial charge in [0.1, 0.15) is 6.04 Å². The highest BCUT2D eigenvalue weighted by molar-refractivity contribution is 5.91. The molecule has 1 aliphatic heterocycles. The Hall–Kier alpha value is -3.48. The molecule has 0 aromatic heterocycles. The first kappa shape index (κ1) is 23.7. The summed E-state index contributed by atoms with van der Waals surface area (Å²) >= 11 is 0. The number of benzene rings is 3. The summed E-state index contributed by atoms with van der Waals surface area (Å²) in [6.45, 7) is 0.933. The number of rotatable bonds is 9. The Morgan fingerprint density at radius 1 is 0.912 bits per heavy atom. The van der Waals surface area contributed by atoms with Gasteiger partial charge in [-0.05, 0) is 36.0 Å². The van der Waals surface area contributed by atoms with Crippen LogP contribution in [0.1, 0.15) is 35.4 Å². The van der Waals surface area contributed by atoms with E-state index in [0.717, 1.165) is 24.0 Å². The number of hydrogen-bond donors (Lipinski definition) is 2. The van der Waals surface area contributed by atoms with Crippen molar-refractivity contribution in [3.63, 3.8) is 0 Å². The average Bonchev–Trinajstić information content (AvgIpc) is 3.32. The zero-order valence-corrected chi connectivity index (χ0v) is 19.2. The molecule has 6 nitrogen and oxygen atoms in total. The lowest BCUT2D eigenvalue weighted by Gasteiger charge is -2.28. The van der Waals surface area contributed by atoms with Gasteiger partial charge in [-0.3, -0.25) is 10.6 Å². The number of amides is 1. The summed E-state index contributed by atoms with van der Waals surface area (Å²) in [4.78, 5) is 27.5. The minimum Gasteiger partial charge on any atom is -0.480 e. The maximum atomic E-state index is 13.8. The van der Waals surface area contributed by atoms with E-state index in [-0.39, 0.29) is 11.9 Å². The average molecular weight is 458 g/mol. The van der Waals surface area contributed by atoms with Crippen LogP contribution in [0.4, 0.5) is 0 Å². The predicted octanol–water partition coefficient (Wildman–Crippen LogP) is 3.68. The zero-order chi connectivity index (χ0) is 23.9. The van der Waals surface area contributed by atoms with Crippen molar-refractivity contribution in [2.24, 2.45) is 5.84 Å². The Balaban J connectivity index is 1.49. The second-order valence-corrected chi connectivity index (χ2v) is 8.82. The number of nitrogens with zero attached hydrogens (tertiary/aromatic N) is 2. The number of likely N-dealkylation sites (tertiary alicyclic amines) is 1. The van der Waals surface area contributed by atoms with Gasteiger partial charge in [0.25, 0.3) is 0 Å². The fourth-order valence-electron chi connectivity index (χ4n) is 4.76. The Labute approximate surface area is 200 Å². The van der Waals surface area contributed by atoms with Crippen LogP contribution < -0.4 is 5.84 Å². The van der Waals surface area contributed by atoms with Crippen molar-refractivity contribution in [1.29, 1.82) is 0 Å². The summed E-state index contributed by atoms with van der Waals surface area (Å²) in [5, 5.41) is 11.6. The van der Waals surface area contributed by atoms with Crippen molar-refractivity contribution in [1.82, 2.24) is 9.91 Å². The van der Waals surface area contributed by atoms with Gasteiger partial charge < -0.3 is 10.0 Å². The Kier molecular flexibility index (Phi) is 7.72. The van der Waals surface area contributed by atoms with E-state index in [1.807, 2.05) is 78.9 Å². The van der Waals surface area contributed by atoms with Gasteiger partial charge in [-0.2, -0.15) is 0 Å².